The number of hydrogen-bond donors (Lipinski definition) is 1. The molecule has 1 rings (SSSR count). The molecule has 1 N–H and O–H groups in total. The minimum Gasteiger partial charge on any atom is -0.481 e. The van der Waals surface area contributed by atoms with Crippen molar-refractivity contribution in [3.8, 4) is 0 Å². The summed E-state index contributed by atoms with van der Waals surface area (Å²) >= 11 is 1.64. The fraction of sp³-hybridized carbons (Fsp3) is 0.444. The third-order valence-corrected chi connectivity index (χ3v) is 2.88. The maximum absolute atomic E-state index is 10.4. The van der Waals surface area contributed by atoms with Crippen LogP contribution in [0.15, 0.2) is 11.4 Å². The summed E-state index contributed by atoms with van der Waals surface area (Å²) in [4.78, 5) is 11.6. The van der Waals surface area contributed by atoms with Gasteiger partial charge < -0.3 is 5.11 Å². The number of hydrogen-bond acceptors (Lipinski definition) is 2. The van der Waals surface area contributed by atoms with Gasteiger partial charge in [0.2, 0.25) is 0 Å². The van der Waals surface area contributed by atoms with E-state index in [9.17, 15) is 4.79 Å². The first kappa shape index (κ1) is 9.26. The van der Waals surface area contributed by atoms with Crippen molar-refractivity contribution in [3.05, 3.63) is 21.9 Å². The van der Waals surface area contributed by atoms with Gasteiger partial charge in [-0.05, 0) is 22.9 Å². The van der Waals surface area contributed by atoms with Crippen LogP contribution in [-0.2, 0) is 11.2 Å². The quantitative estimate of drug-likeness (QED) is 0.783. The molecule has 0 aliphatic carbocycles. The van der Waals surface area contributed by atoms with Crippen LogP contribution >= 0.6 is 11.3 Å². The van der Waals surface area contributed by atoms with E-state index in [-0.39, 0.29) is 6.42 Å². The molecule has 0 spiro atoms. The molecular weight excluding hydrogens is 172 g/mol. The maximum atomic E-state index is 10.4. The summed E-state index contributed by atoms with van der Waals surface area (Å²) in [5.41, 5.74) is 0.913. The van der Waals surface area contributed by atoms with E-state index in [0.29, 0.717) is 5.92 Å². The summed E-state index contributed by atoms with van der Waals surface area (Å²) in [5, 5.41) is 10.4. The number of aliphatic carboxylic acids is 1. The number of carbonyl (C=O) groups is 1. The summed E-state index contributed by atoms with van der Waals surface area (Å²) in [7, 11) is 0. The lowest BCUT2D eigenvalue weighted by molar-refractivity contribution is -0.136. The van der Waals surface area contributed by atoms with Gasteiger partial charge >= 0.3 is 5.97 Å². The summed E-state index contributed by atoms with van der Waals surface area (Å²) in [6, 6.07) is 1.98. The Hall–Kier alpha value is -0.830. The Morgan fingerprint density at radius 3 is 2.75 bits per heavy atom. The number of rotatable bonds is 3. The molecule has 0 aliphatic heterocycles. The summed E-state index contributed by atoms with van der Waals surface area (Å²) in [6.07, 6.45) is 0.142. The van der Waals surface area contributed by atoms with Crippen LogP contribution in [0.5, 0.6) is 0 Å². The first-order valence-corrected chi connectivity index (χ1v) is 4.76. The second-order valence-corrected chi connectivity index (χ2v) is 4.03. The van der Waals surface area contributed by atoms with Crippen molar-refractivity contribution in [3.63, 3.8) is 0 Å². The molecule has 0 unspecified atom stereocenters. The molecule has 0 saturated heterocycles. The van der Waals surface area contributed by atoms with Crippen LogP contribution in [0.3, 0.4) is 0 Å². The second-order valence-electron chi connectivity index (χ2n) is 3.08. The minimum atomic E-state index is -0.761. The van der Waals surface area contributed by atoms with Gasteiger partial charge in [-0.15, -0.1) is 11.3 Å². The molecular formula is C9H12O2S. The molecule has 0 aliphatic rings. The Balaban J connectivity index is 2.70. The van der Waals surface area contributed by atoms with Gasteiger partial charge in [-0.25, -0.2) is 0 Å². The molecule has 66 valence electrons. The zero-order chi connectivity index (χ0) is 9.14. The van der Waals surface area contributed by atoms with Crippen molar-refractivity contribution in [1.29, 1.82) is 0 Å². The van der Waals surface area contributed by atoms with Crippen LogP contribution in [-0.4, -0.2) is 11.1 Å². The smallest absolute Gasteiger partial charge is 0.307 e. The van der Waals surface area contributed by atoms with Crippen molar-refractivity contribution in [2.45, 2.75) is 26.2 Å². The lowest BCUT2D eigenvalue weighted by Gasteiger charge is -1.96. The van der Waals surface area contributed by atoms with E-state index in [2.05, 4.69) is 13.8 Å². The van der Waals surface area contributed by atoms with E-state index in [1.807, 2.05) is 11.4 Å². The molecule has 0 amide bonds. The van der Waals surface area contributed by atoms with Crippen molar-refractivity contribution >= 4 is 17.3 Å². The van der Waals surface area contributed by atoms with Crippen LogP contribution in [0.25, 0.3) is 0 Å². The second kappa shape index (κ2) is 3.72. The molecule has 1 aromatic heterocycles. The average molecular weight is 184 g/mol. The van der Waals surface area contributed by atoms with E-state index in [0.717, 1.165) is 5.56 Å². The lowest BCUT2D eigenvalue weighted by Crippen LogP contribution is -1.98. The van der Waals surface area contributed by atoms with Gasteiger partial charge in [0.25, 0.3) is 0 Å². The molecule has 12 heavy (non-hydrogen) atoms. The lowest BCUT2D eigenvalue weighted by atomic mass is 10.1. The SMILES string of the molecule is CC(C)c1cc(CC(=O)O)cs1. The van der Waals surface area contributed by atoms with E-state index in [1.54, 1.807) is 11.3 Å². The van der Waals surface area contributed by atoms with Crippen molar-refractivity contribution < 1.29 is 9.90 Å². The zero-order valence-corrected chi connectivity index (χ0v) is 8.02. The Labute approximate surface area is 75.9 Å². The van der Waals surface area contributed by atoms with Crippen LogP contribution in [0.1, 0.15) is 30.2 Å². The molecule has 2 nitrogen and oxygen atoms in total. The number of carboxylic acid groups (broad SMARTS) is 1. The van der Waals surface area contributed by atoms with Gasteiger partial charge in [-0.1, -0.05) is 13.8 Å². The zero-order valence-electron chi connectivity index (χ0n) is 7.20. The van der Waals surface area contributed by atoms with E-state index in [4.69, 9.17) is 5.11 Å². The van der Waals surface area contributed by atoms with Crippen LogP contribution in [0.4, 0.5) is 0 Å². The third-order valence-electron chi connectivity index (χ3n) is 1.60. The third kappa shape index (κ3) is 2.34. The maximum Gasteiger partial charge on any atom is 0.307 e. The van der Waals surface area contributed by atoms with Gasteiger partial charge in [0.15, 0.2) is 0 Å². The van der Waals surface area contributed by atoms with Gasteiger partial charge in [0, 0.05) is 4.88 Å². The first-order chi connectivity index (χ1) is 5.59. The standard InChI is InChI=1S/C9H12O2S/c1-6(2)8-3-7(5-12-8)4-9(10)11/h3,5-6H,4H2,1-2H3,(H,10,11). The number of thiophene rings is 1. The molecule has 1 aromatic rings. The van der Waals surface area contributed by atoms with Crippen LogP contribution in [0.2, 0.25) is 0 Å². The predicted molar refractivity (Wildman–Crippen MR) is 49.7 cm³/mol. The topological polar surface area (TPSA) is 37.3 Å². The molecule has 0 radical (unpaired) electrons. The largest absolute Gasteiger partial charge is 0.481 e. The van der Waals surface area contributed by atoms with Gasteiger partial charge in [0.05, 0.1) is 6.42 Å². The minimum absolute atomic E-state index is 0.142. The average Bonchev–Trinajstić information content (AvgIpc) is 2.34. The summed E-state index contributed by atoms with van der Waals surface area (Å²) in [5.74, 6) is -0.263. The van der Waals surface area contributed by atoms with Crippen LogP contribution < -0.4 is 0 Å². The molecule has 1 heterocycles. The summed E-state index contributed by atoms with van der Waals surface area (Å²) < 4.78 is 0. The first-order valence-electron chi connectivity index (χ1n) is 3.88. The van der Waals surface area contributed by atoms with E-state index in [1.165, 1.54) is 4.88 Å². The molecule has 0 saturated carbocycles. The van der Waals surface area contributed by atoms with Gasteiger partial charge in [-0.3, -0.25) is 4.79 Å². The van der Waals surface area contributed by atoms with E-state index < -0.39 is 5.97 Å². The van der Waals surface area contributed by atoms with Gasteiger partial charge in [0.1, 0.15) is 0 Å². The van der Waals surface area contributed by atoms with Crippen molar-refractivity contribution in [2.24, 2.45) is 0 Å². The number of carboxylic acids is 1. The molecule has 0 aromatic carbocycles. The Kier molecular flexibility index (Phi) is 2.87. The van der Waals surface area contributed by atoms with Gasteiger partial charge in [-0.2, -0.15) is 0 Å². The fourth-order valence-corrected chi connectivity index (χ4v) is 1.89. The highest BCUT2D eigenvalue weighted by molar-refractivity contribution is 7.10. The molecule has 0 bridgehead atoms. The van der Waals surface area contributed by atoms with Crippen LogP contribution in [0, 0.1) is 0 Å². The predicted octanol–water partition coefficient (Wildman–Crippen LogP) is 2.50. The highest BCUT2D eigenvalue weighted by atomic mass is 32.1. The Bertz CT molecular complexity index is 276. The molecule has 3 heteroatoms. The highest BCUT2D eigenvalue weighted by Gasteiger charge is 2.05. The molecule has 0 atom stereocenters. The Morgan fingerprint density at radius 2 is 2.33 bits per heavy atom. The molecule has 0 fully saturated rings. The highest BCUT2D eigenvalue weighted by Crippen LogP contribution is 2.23. The van der Waals surface area contributed by atoms with Crippen molar-refractivity contribution in [2.75, 3.05) is 0 Å². The van der Waals surface area contributed by atoms with Crippen molar-refractivity contribution in [1.82, 2.24) is 0 Å². The van der Waals surface area contributed by atoms with E-state index >= 15 is 0 Å². The normalized spacial score (nSPS) is 10.6. The Morgan fingerprint density at radius 1 is 1.67 bits per heavy atom. The monoisotopic (exact) mass is 184 g/mol. The summed E-state index contributed by atoms with van der Waals surface area (Å²) in [6.45, 7) is 4.22. The fourth-order valence-electron chi connectivity index (χ4n) is 0.965.